The van der Waals surface area contributed by atoms with E-state index in [0.29, 0.717) is 22.9 Å². The molecule has 0 spiro atoms. The summed E-state index contributed by atoms with van der Waals surface area (Å²) in [7, 11) is 0. The van der Waals surface area contributed by atoms with Crippen LogP contribution in [0.25, 0.3) is 0 Å². The molecule has 104 valence electrons. The Morgan fingerprint density at radius 3 is 3.00 bits per heavy atom. The van der Waals surface area contributed by atoms with Gasteiger partial charge in [-0.25, -0.2) is 9.78 Å². The zero-order valence-corrected chi connectivity index (χ0v) is 11.6. The molecule has 2 aromatic rings. The van der Waals surface area contributed by atoms with E-state index in [-0.39, 0.29) is 5.69 Å². The first-order chi connectivity index (χ1) is 9.60. The lowest BCUT2D eigenvalue weighted by atomic mass is 10.1. The van der Waals surface area contributed by atoms with Crippen LogP contribution >= 0.6 is 11.3 Å². The maximum atomic E-state index is 11.5. The fraction of sp³-hybridized carbons (Fsp3) is 0.231. The number of hydrogen-bond acceptors (Lipinski definition) is 6. The number of non-ortho nitro benzene ring substituents is 1. The topological polar surface area (TPSA) is 82.3 Å². The molecule has 0 fully saturated rings. The molecule has 0 aliphatic carbocycles. The highest BCUT2D eigenvalue weighted by Crippen LogP contribution is 2.20. The first kappa shape index (κ1) is 14.1. The van der Waals surface area contributed by atoms with Gasteiger partial charge in [-0.3, -0.25) is 10.1 Å². The molecule has 0 amide bonds. The van der Waals surface area contributed by atoms with Gasteiger partial charge in [0.05, 0.1) is 22.7 Å². The predicted molar refractivity (Wildman–Crippen MR) is 74.0 cm³/mol. The molecular weight excluding hydrogens is 280 g/mol. The Balaban J connectivity index is 2.12. The van der Waals surface area contributed by atoms with Crippen molar-refractivity contribution < 1.29 is 14.5 Å². The molecule has 0 atom stereocenters. The fourth-order valence-corrected chi connectivity index (χ4v) is 2.49. The van der Waals surface area contributed by atoms with Crippen LogP contribution < -0.4 is 0 Å². The molecular formula is C13H12N2O4S. The molecule has 1 aromatic carbocycles. The molecule has 1 aromatic heterocycles. The van der Waals surface area contributed by atoms with E-state index in [1.807, 2.05) is 0 Å². The third-order valence-corrected chi connectivity index (χ3v) is 3.48. The molecule has 0 unspecified atom stereocenters. The van der Waals surface area contributed by atoms with Gasteiger partial charge in [-0.15, -0.1) is 11.3 Å². The Morgan fingerprint density at radius 2 is 2.30 bits per heavy atom. The molecule has 20 heavy (non-hydrogen) atoms. The van der Waals surface area contributed by atoms with Gasteiger partial charge >= 0.3 is 5.97 Å². The Kier molecular flexibility index (Phi) is 4.41. The average Bonchev–Trinajstić information content (AvgIpc) is 2.88. The number of nitrogens with zero attached hydrogens (tertiary/aromatic N) is 2. The van der Waals surface area contributed by atoms with Crippen LogP contribution in [0, 0.1) is 10.1 Å². The molecule has 2 rings (SSSR count). The largest absolute Gasteiger partial charge is 0.462 e. The molecule has 0 aliphatic heterocycles. The van der Waals surface area contributed by atoms with Gasteiger partial charge in [0.25, 0.3) is 5.69 Å². The summed E-state index contributed by atoms with van der Waals surface area (Å²) in [5.41, 5.74) is 0.827. The molecule has 7 heteroatoms. The lowest BCUT2D eigenvalue weighted by Gasteiger charge is -1.98. The highest BCUT2D eigenvalue weighted by atomic mass is 32.1. The Morgan fingerprint density at radius 1 is 1.50 bits per heavy atom. The normalized spacial score (nSPS) is 10.2. The summed E-state index contributed by atoms with van der Waals surface area (Å²) >= 11 is 1.23. The molecule has 0 saturated carbocycles. The lowest BCUT2D eigenvalue weighted by molar-refractivity contribution is -0.384. The van der Waals surface area contributed by atoms with Crippen molar-refractivity contribution in [1.29, 1.82) is 0 Å². The van der Waals surface area contributed by atoms with Gasteiger partial charge < -0.3 is 4.74 Å². The van der Waals surface area contributed by atoms with Crippen LogP contribution in [0.5, 0.6) is 0 Å². The SMILES string of the molecule is CCOC(=O)c1cnc(Cc2cccc([N+](=O)[O-])c2)s1. The number of nitro benzene ring substituents is 1. The number of benzene rings is 1. The van der Waals surface area contributed by atoms with Gasteiger partial charge in [-0.2, -0.15) is 0 Å². The number of rotatable bonds is 5. The van der Waals surface area contributed by atoms with Crippen molar-refractivity contribution in [2.75, 3.05) is 6.61 Å². The summed E-state index contributed by atoms with van der Waals surface area (Å²) in [5, 5.41) is 11.4. The van der Waals surface area contributed by atoms with E-state index in [9.17, 15) is 14.9 Å². The quantitative estimate of drug-likeness (QED) is 0.481. The summed E-state index contributed by atoms with van der Waals surface area (Å²) in [6, 6.07) is 6.37. The van der Waals surface area contributed by atoms with Crippen molar-refractivity contribution in [3.8, 4) is 0 Å². The number of esters is 1. The van der Waals surface area contributed by atoms with Crippen LogP contribution in [0.15, 0.2) is 30.5 Å². The van der Waals surface area contributed by atoms with Gasteiger partial charge in [0, 0.05) is 18.6 Å². The second-order valence-electron chi connectivity index (χ2n) is 3.94. The van der Waals surface area contributed by atoms with Crippen LogP contribution in [-0.2, 0) is 11.2 Å². The van der Waals surface area contributed by atoms with Gasteiger partial charge in [0.1, 0.15) is 4.88 Å². The van der Waals surface area contributed by atoms with Gasteiger partial charge in [-0.05, 0) is 12.5 Å². The minimum atomic E-state index is -0.435. The number of thiazole rings is 1. The summed E-state index contributed by atoms with van der Waals surface area (Å²) < 4.78 is 4.88. The molecule has 1 heterocycles. The van der Waals surface area contributed by atoms with Gasteiger partial charge in [0.2, 0.25) is 0 Å². The van der Waals surface area contributed by atoms with Crippen molar-refractivity contribution in [2.24, 2.45) is 0 Å². The van der Waals surface area contributed by atoms with Crippen LogP contribution in [0.2, 0.25) is 0 Å². The fourth-order valence-electron chi connectivity index (χ4n) is 1.64. The van der Waals surface area contributed by atoms with Crippen molar-refractivity contribution in [1.82, 2.24) is 4.98 Å². The van der Waals surface area contributed by atoms with E-state index < -0.39 is 10.9 Å². The van der Waals surface area contributed by atoms with Crippen LogP contribution in [0.4, 0.5) is 5.69 Å². The van der Waals surface area contributed by atoms with Crippen LogP contribution in [0.3, 0.4) is 0 Å². The number of carbonyl (C=O) groups is 1. The maximum absolute atomic E-state index is 11.5. The van der Waals surface area contributed by atoms with Crippen molar-refractivity contribution >= 4 is 23.0 Å². The van der Waals surface area contributed by atoms with Gasteiger partial charge in [0.15, 0.2) is 0 Å². The monoisotopic (exact) mass is 292 g/mol. The minimum Gasteiger partial charge on any atom is -0.462 e. The summed E-state index contributed by atoms with van der Waals surface area (Å²) in [5.74, 6) is -0.393. The molecule has 6 nitrogen and oxygen atoms in total. The molecule has 0 saturated heterocycles. The van der Waals surface area contributed by atoms with Crippen molar-refractivity contribution in [3.63, 3.8) is 0 Å². The van der Waals surface area contributed by atoms with E-state index in [4.69, 9.17) is 4.74 Å². The first-order valence-electron chi connectivity index (χ1n) is 5.95. The van der Waals surface area contributed by atoms with E-state index in [0.717, 1.165) is 5.56 Å². The average molecular weight is 292 g/mol. The van der Waals surface area contributed by atoms with E-state index in [1.54, 1.807) is 19.1 Å². The number of ether oxygens (including phenoxy) is 1. The van der Waals surface area contributed by atoms with Crippen molar-refractivity contribution in [3.05, 3.63) is 56.0 Å². The second kappa shape index (κ2) is 6.25. The number of aromatic nitrogens is 1. The summed E-state index contributed by atoms with van der Waals surface area (Å²) in [4.78, 5) is 26.4. The van der Waals surface area contributed by atoms with E-state index in [2.05, 4.69) is 4.98 Å². The van der Waals surface area contributed by atoms with E-state index >= 15 is 0 Å². The molecule has 0 bridgehead atoms. The van der Waals surface area contributed by atoms with E-state index in [1.165, 1.54) is 29.7 Å². The van der Waals surface area contributed by atoms with Crippen LogP contribution in [0.1, 0.15) is 27.2 Å². The minimum absolute atomic E-state index is 0.0460. The summed E-state index contributed by atoms with van der Waals surface area (Å²) in [6.45, 7) is 2.06. The third-order valence-electron chi connectivity index (χ3n) is 2.51. The standard InChI is InChI=1S/C13H12N2O4S/c1-2-19-13(16)11-8-14-12(20-11)7-9-4-3-5-10(6-9)15(17)18/h3-6,8H,2,7H2,1H3. The lowest BCUT2D eigenvalue weighted by Crippen LogP contribution is -2.01. The first-order valence-corrected chi connectivity index (χ1v) is 6.77. The highest BCUT2D eigenvalue weighted by Gasteiger charge is 2.12. The molecule has 0 N–H and O–H groups in total. The predicted octanol–water partition coefficient (Wildman–Crippen LogP) is 2.82. The highest BCUT2D eigenvalue weighted by molar-refractivity contribution is 7.13. The molecule has 0 radical (unpaired) electrons. The third kappa shape index (κ3) is 3.39. The summed E-state index contributed by atoms with van der Waals surface area (Å²) in [6.07, 6.45) is 1.92. The second-order valence-corrected chi connectivity index (χ2v) is 5.06. The number of hydrogen-bond donors (Lipinski definition) is 0. The Hall–Kier alpha value is -2.28. The number of nitro groups is 1. The van der Waals surface area contributed by atoms with Crippen molar-refractivity contribution in [2.45, 2.75) is 13.3 Å². The number of carbonyl (C=O) groups excluding carboxylic acids is 1. The molecule has 0 aliphatic rings. The van der Waals surface area contributed by atoms with Crippen LogP contribution in [-0.4, -0.2) is 22.5 Å². The smallest absolute Gasteiger partial charge is 0.349 e. The Bertz CT molecular complexity index is 639. The van der Waals surface area contributed by atoms with Gasteiger partial charge in [-0.1, -0.05) is 12.1 Å². The Labute approximate surface area is 119 Å². The maximum Gasteiger partial charge on any atom is 0.349 e. The zero-order chi connectivity index (χ0) is 14.5. The zero-order valence-electron chi connectivity index (χ0n) is 10.7.